The summed E-state index contributed by atoms with van der Waals surface area (Å²) in [6, 6.07) is 5.85. The fraction of sp³-hybridized carbons (Fsp3) is 0.273. The highest BCUT2D eigenvalue weighted by atomic mass is 35.5. The van der Waals surface area contributed by atoms with Gasteiger partial charge < -0.3 is 10.7 Å². The van der Waals surface area contributed by atoms with Gasteiger partial charge in [-0.05, 0) is 37.6 Å². The molecule has 2 aromatic rings. The van der Waals surface area contributed by atoms with Crippen molar-refractivity contribution in [1.82, 2.24) is 4.98 Å². The summed E-state index contributed by atoms with van der Waals surface area (Å²) in [7, 11) is 0. The third kappa shape index (κ3) is 1.41. The summed E-state index contributed by atoms with van der Waals surface area (Å²) < 4.78 is 0. The van der Waals surface area contributed by atoms with Crippen LogP contribution in [0.2, 0.25) is 5.02 Å². The molecule has 0 aliphatic heterocycles. The quantitative estimate of drug-likeness (QED) is 0.743. The number of hydrogen-bond donors (Lipinski definition) is 2. The molecule has 1 heterocycles. The molecule has 0 amide bonds. The standard InChI is InChI=1S/C11H13ClN2/c1-6(13)11-7(2)14-10-4-3-8(12)5-9(10)11/h3-6,14H,13H2,1-2H3/t6-/m0/s1. The lowest BCUT2D eigenvalue weighted by atomic mass is 10.1. The van der Waals surface area contributed by atoms with Crippen molar-refractivity contribution in [2.75, 3.05) is 0 Å². The number of nitrogens with two attached hydrogens (primary N) is 1. The van der Waals surface area contributed by atoms with Crippen LogP contribution in [-0.4, -0.2) is 4.98 Å². The molecule has 3 N–H and O–H groups in total. The molecule has 74 valence electrons. The summed E-state index contributed by atoms with van der Waals surface area (Å²) in [5.74, 6) is 0. The molecule has 0 bridgehead atoms. The zero-order chi connectivity index (χ0) is 10.3. The van der Waals surface area contributed by atoms with Gasteiger partial charge in [0, 0.05) is 27.7 Å². The van der Waals surface area contributed by atoms with E-state index in [0.29, 0.717) is 0 Å². The number of halogens is 1. The second-order valence-electron chi connectivity index (χ2n) is 3.64. The summed E-state index contributed by atoms with van der Waals surface area (Å²) in [6.45, 7) is 4.02. The Morgan fingerprint density at radius 3 is 2.79 bits per heavy atom. The van der Waals surface area contributed by atoms with E-state index in [1.807, 2.05) is 32.0 Å². The molecule has 0 spiro atoms. The van der Waals surface area contributed by atoms with Gasteiger partial charge in [-0.1, -0.05) is 11.6 Å². The molecular weight excluding hydrogens is 196 g/mol. The van der Waals surface area contributed by atoms with E-state index in [0.717, 1.165) is 27.2 Å². The van der Waals surface area contributed by atoms with Crippen molar-refractivity contribution in [2.24, 2.45) is 5.73 Å². The second-order valence-corrected chi connectivity index (χ2v) is 4.08. The number of hydrogen-bond acceptors (Lipinski definition) is 1. The minimum Gasteiger partial charge on any atom is -0.358 e. The Bertz CT molecular complexity index is 471. The highest BCUT2D eigenvalue weighted by Crippen LogP contribution is 2.28. The van der Waals surface area contributed by atoms with Crippen LogP contribution >= 0.6 is 11.6 Å². The van der Waals surface area contributed by atoms with Gasteiger partial charge in [-0.15, -0.1) is 0 Å². The molecular formula is C11H13ClN2. The summed E-state index contributed by atoms with van der Waals surface area (Å²) in [6.07, 6.45) is 0. The molecule has 14 heavy (non-hydrogen) atoms. The number of nitrogens with one attached hydrogen (secondary N) is 1. The highest BCUT2D eigenvalue weighted by molar-refractivity contribution is 6.31. The highest BCUT2D eigenvalue weighted by Gasteiger charge is 2.11. The lowest BCUT2D eigenvalue weighted by molar-refractivity contribution is 0.817. The topological polar surface area (TPSA) is 41.8 Å². The van der Waals surface area contributed by atoms with E-state index in [-0.39, 0.29) is 6.04 Å². The molecule has 0 unspecified atom stereocenters. The largest absolute Gasteiger partial charge is 0.358 e. The van der Waals surface area contributed by atoms with E-state index < -0.39 is 0 Å². The van der Waals surface area contributed by atoms with Crippen LogP contribution in [0.4, 0.5) is 0 Å². The van der Waals surface area contributed by atoms with Crippen molar-refractivity contribution >= 4 is 22.5 Å². The summed E-state index contributed by atoms with van der Waals surface area (Å²) in [4.78, 5) is 3.30. The van der Waals surface area contributed by atoms with Crippen molar-refractivity contribution in [1.29, 1.82) is 0 Å². The van der Waals surface area contributed by atoms with E-state index in [9.17, 15) is 0 Å². The maximum absolute atomic E-state index is 5.95. The third-order valence-electron chi connectivity index (χ3n) is 2.45. The Balaban J connectivity index is 2.79. The van der Waals surface area contributed by atoms with Crippen LogP contribution in [0.3, 0.4) is 0 Å². The van der Waals surface area contributed by atoms with Gasteiger partial charge in [0.25, 0.3) is 0 Å². The van der Waals surface area contributed by atoms with Crippen LogP contribution in [0.5, 0.6) is 0 Å². The molecule has 1 aromatic carbocycles. The zero-order valence-electron chi connectivity index (χ0n) is 8.26. The normalized spacial score (nSPS) is 13.4. The van der Waals surface area contributed by atoms with Crippen LogP contribution in [0.25, 0.3) is 10.9 Å². The predicted octanol–water partition coefficient (Wildman–Crippen LogP) is 3.15. The molecule has 0 saturated heterocycles. The van der Waals surface area contributed by atoms with Crippen LogP contribution in [-0.2, 0) is 0 Å². The van der Waals surface area contributed by atoms with Crippen molar-refractivity contribution in [3.8, 4) is 0 Å². The smallest absolute Gasteiger partial charge is 0.0460 e. The first-order chi connectivity index (χ1) is 6.59. The lowest BCUT2D eigenvalue weighted by Crippen LogP contribution is -2.05. The van der Waals surface area contributed by atoms with Crippen LogP contribution in [0.15, 0.2) is 18.2 Å². The van der Waals surface area contributed by atoms with Gasteiger partial charge in [0.15, 0.2) is 0 Å². The van der Waals surface area contributed by atoms with Gasteiger partial charge >= 0.3 is 0 Å². The molecule has 1 atom stereocenters. The van der Waals surface area contributed by atoms with Gasteiger partial charge in [-0.2, -0.15) is 0 Å². The molecule has 3 heteroatoms. The fourth-order valence-electron chi connectivity index (χ4n) is 1.91. The molecule has 0 aliphatic rings. The monoisotopic (exact) mass is 208 g/mol. The van der Waals surface area contributed by atoms with Crippen molar-refractivity contribution in [2.45, 2.75) is 19.9 Å². The van der Waals surface area contributed by atoms with Crippen LogP contribution < -0.4 is 5.73 Å². The maximum atomic E-state index is 5.95. The first-order valence-corrected chi connectivity index (χ1v) is 5.00. The molecule has 2 rings (SSSR count). The molecule has 2 nitrogen and oxygen atoms in total. The Morgan fingerprint density at radius 2 is 2.14 bits per heavy atom. The number of H-pyrrole nitrogens is 1. The molecule has 0 saturated carbocycles. The van der Waals surface area contributed by atoms with Gasteiger partial charge in [-0.3, -0.25) is 0 Å². The minimum atomic E-state index is 0.0298. The summed E-state index contributed by atoms with van der Waals surface area (Å²) in [5, 5.41) is 1.88. The van der Waals surface area contributed by atoms with Crippen molar-refractivity contribution < 1.29 is 0 Å². The zero-order valence-corrected chi connectivity index (χ0v) is 9.02. The van der Waals surface area contributed by atoms with Crippen LogP contribution in [0.1, 0.15) is 24.2 Å². The van der Waals surface area contributed by atoms with Gasteiger partial charge in [0.2, 0.25) is 0 Å². The van der Waals surface area contributed by atoms with E-state index in [1.54, 1.807) is 0 Å². The van der Waals surface area contributed by atoms with E-state index >= 15 is 0 Å². The Morgan fingerprint density at radius 1 is 1.43 bits per heavy atom. The number of benzene rings is 1. The maximum Gasteiger partial charge on any atom is 0.0460 e. The predicted molar refractivity (Wildman–Crippen MR) is 60.6 cm³/mol. The minimum absolute atomic E-state index is 0.0298. The lowest BCUT2D eigenvalue weighted by Gasteiger charge is -2.04. The molecule has 1 aromatic heterocycles. The summed E-state index contributed by atoms with van der Waals surface area (Å²) >= 11 is 5.95. The summed E-state index contributed by atoms with van der Waals surface area (Å²) in [5.41, 5.74) is 9.29. The average molecular weight is 209 g/mol. The first kappa shape index (κ1) is 9.56. The van der Waals surface area contributed by atoms with Crippen molar-refractivity contribution in [3.05, 3.63) is 34.5 Å². The molecule has 0 radical (unpaired) electrons. The number of fused-ring (bicyclic) bond motifs is 1. The van der Waals surface area contributed by atoms with Crippen molar-refractivity contribution in [3.63, 3.8) is 0 Å². The fourth-order valence-corrected chi connectivity index (χ4v) is 2.08. The number of rotatable bonds is 1. The number of aromatic amines is 1. The van der Waals surface area contributed by atoms with E-state index in [2.05, 4.69) is 4.98 Å². The average Bonchev–Trinajstić information content (AvgIpc) is 2.40. The van der Waals surface area contributed by atoms with Gasteiger partial charge in [-0.25, -0.2) is 0 Å². The van der Waals surface area contributed by atoms with Gasteiger partial charge in [0.1, 0.15) is 0 Å². The van der Waals surface area contributed by atoms with E-state index in [1.165, 1.54) is 0 Å². The Kier molecular flexibility index (Phi) is 2.25. The SMILES string of the molecule is Cc1[nH]c2ccc(Cl)cc2c1[C@H](C)N. The number of aryl methyl sites for hydroxylation is 1. The third-order valence-corrected chi connectivity index (χ3v) is 2.69. The Hall–Kier alpha value is -0.990. The molecule has 0 fully saturated rings. The number of aromatic nitrogens is 1. The van der Waals surface area contributed by atoms with Gasteiger partial charge in [0.05, 0.1) is 0 Å². The first-order valence-electron chi connectivity index (χ1n) is 4.63. The van der Waals surface area contributed by atoms with E-state index in [4.69, 9.17) is 17.3 Å². The Labute approximate surface area is 88.1 Å². The molecule has 0 aliphatic carbocycles. The van der Waals surface area contributed by atoms with Crippen LogP contribution in [0, 0.1) is 6.92 Å². The second kappa shape index (κ2) is 3.30.